The van der Waals surface area contributed by atoms with Crippen LogP contribution in [0.15, 0.2) is 76.0 Å². The molecular formula is C26H38ClN5O2. The number of aliphatic imine (C=N–C) groups is 1. The predicted molar refractivity (Wildman–Crippen MR) is 141 cm³/mol. The van der Waals surface area contributed by atoms with Crippen LogP contribution in [0.2, 0.25) is 0 Å². The van der Waals surface area contributed by atoms with Gasteiger partial charge in [0, 0.05) is 41.0 Å². The largest absolute Gasteiger partial charge is 0.512 e. The van der Waals surface area contributed by atoms with Gasteiger partial charge >= 0.3 is 0 Å². The summed E-state index contributed by atoms with van der Waals surface area (Å²) in [5.74, 6) is -0.262. The molecule has 0 aromatic carbocycles. The van der Waals surface area contributed by atoms with Crippen molar-refractivity contribution in [1.82, 2.24) is 10.2 Å². The third-order valence-corrected chi connectivity index (χ3v) is 6.86. The maximum Gasteiger partial charge on any atom is 0.245 e. The van der Waals surface area contributed by atoms with Crippen molar-refractivity contribution in [2.45, 2.75) is 53.0 Å². The molecule has 2 rings (SSSR count). The van der Waals surface area contributed by atoms with Gasteiger partial charge in [0.15, 0.2) is 0 Å². The first-order valence-electron chi connectivity index (χ1n) is 11.6. The van der Waals surface area contributed by atoms with Gasteiger partial charge in [-0.15, -0.1) is 0 Å². The van der Waals surface area contributed by atoms with E-state index in [2.05, 4.69) is 16.8 Å². The van der Waals surface area contributed by atoms with Crippen LogP contribution in [-0.2, 0) is 4.79 Å². The van der Waals surface area contributed by atoms with Crippen molar-refractivity contribution in [2.24, 2.45) is 27.8 Å². The van der Waals surface area contributed by atoms with Crippen molar-refractivity contribution in [1.29, 1.82) is 0 Å². The van der Waals surface area contributed by atoms with Gasteiger partial charge in [-0.3, -0.25) is 4.79 Å². The van der Waals surface area contributed by atoms with E-state index in [1.165, 1.54) is 31.5 Å². The van der Waals surface area contributed by atoms with Crippen molar-refractivity contribution >= 4 is 23.2 Å². The fourth-order valence-electron chi connectivity index (χ4n) is 4.23. The zero-order chi connectivity index (χ0) is 25.5. The Morgan fingerprint density at radius 2 is 1.94 bits per heavy atom. The minimum absolute atomic E-state index is 0.0353. The Balaban J connectivity index is 2.37. The fraction of sp³-hybridized carbons (Fsp3) is 0.462. The fourth-order valence-corrected chi connectivity index (χ4v) is 4.35. The lowest BCUT2D eigenvalue weighted by atomic mass is 9.63. The Bertz CT molecular complexity index is 962. The highest BCUT2D eigenvalue weighted by atomic mass is 35.5. The number of hydrogen-bond acceptors (Lipinski definition) is 6. The zero-order valence-corrected chi connectivity index (χ0v) is 21.4. The van der Waals surface area contributed by atoms with E-state index < -0.39 is 5.91 Å². The first kappa shape index (κ1) is 27.3. The van der Waals surface area contributed by atoms with Crippen molar-refractivity contribution < 1.29 is 9.90 Å². The van der Waals surface area contributed by atoms with Crippen molar-refractivity contribution in [3.63, 3.8) is 0 Å². The molecule has 1 spiro atoms. The molecule has 7 nitrogen and oxygen atoms in total. The van der Waals surface area contributed by atoms with E-state index >= 15 is 0 Å². The van der Waals surface area contributed by atoms with Crippen LogP contribution in [0.5, 0.6) is 0 Å². The Hall–Kier alpha value is -2.93. The number of nitrogens with two attached hydrogens (primary N) is 2. The number of nitrogens with one attached hydrogen (secondary N) is 1. The van der Waals surface area contributed by atoms with Crippen LogP contribution >= 0.6 is 11.6 Å². The molecule has 2 unspecified atom stereocenters. The van der Waals surface area contributed by atoms with E-state index in [1.807, 2.05) is 33.8 Å². The zero-order valence-electron chi connectivity index (χ0n) is 20.6. The molecule has 1 heterocycles. The quantitative estimate of drug-likeness (QED) is 0.149. The minimum Gasteiger partial charge on any atom is -0.512 e. The number of hydrogen-bond donors (Lipinski definition) is 4. The molecule has 0 aromatic heterocycles. The smallest absolute Gasteiger partial charge is 0.245 e. The molecule has 1 aliphatic heterocycles. The maximum atomic E-state index is 11.7. The van der Waals surface area contributed by atoms with Gasteiger partial charge in [0.1, 0.15) is 5.82 Å². The van der Waals surface area contributed by atoms with Gasteiger partial charge in [0.2, 0.25) is 5.91 Å². The number of nitrogens with zero attached hydrogens (tertiary/aromatic N) is 2. The van der Waals surface area contributed by atoms with Crippen LogP contribution < -0.4 is 16.8 Å². The van der Waals surface area contributed by atoms with Crippen molar-refractivity contribution in [2.75, 3.05) is 13.1 Å². The number of amides is 1. The highest BCUT2D eigenvalue weighted by Gasteiger charge is 2.48. The van der Waals surface area contributed by atoms with E-state index in [1.54, 1.807) is 18.2 Å². The number of aliphatic hydroxyl groups excluding tert-OH is 1. The normalized spacial score (nSPS) is 21.2. The Kier molecular flexibility index (Phi) is 9.62. The van der Waals surface area contributed by atoms with Gasteiger partial charge in [-0.1, -0.05) is 30.7 Å². The van der Waals surface area contributed by atoms with Gasteiger partial charge in [-0.05, 0) is 70.5 Å². The molecular weight excluding hydrogens is 450 g/mol. The monoisotopic (exact) mass is 487 g/mol. The second kappa shape index (κ2) is 12.0. The molecule has 2 fully saturated rings. The summed E-state index contributed by atoms with van der Waals surface area (Å²) in [6.07, 6.45) is 13.6. The number of halogens is 1. The highest BCUT2D eigenvalue weighted by molar-refractivity contribution is 6.31. The number of primary amides is 1. The van der Waals surface area contributed by atoms with Crippen LogP contribution in [-0.4, -0.2) is 40.8 Å². The summed E-state index contributed by atoms with van der Waals surface area (Å²) in [6.45, 7) is 13.0. The van der Waals surface area contributed by atoms with Gasteiger partial charge in [0.25, 0.3) is 0 Å². The molecule has 1 amide bonds. The molecule has 186 valence electrons. The molecule has 1 aliphatic carbocycles. The van der Waals surface area contributed by atoms with Crippen molar-refractivity contribution in [3.05, 3.63) is 71.0 Å². The van der Waals surface area contributed by atoms with E-state index in [0.29, 0.717) is 22.0 Å². The average molecular weight is 488 g/mol. The van der Waals surface area contributed by atoms with Gasteiger partial charge in [-0.2, -0.15) is 0 Å². The standard InChI is InChI=1S/C26H38ClN5O2/c1-6-21(27)13-22(18(3)30-23(9-7-12-28)17(2)20(5)33)19(4)31-25(14-24(29)34)32-15-26(16-32)10-8-11-26/h6-7,9,12-14,17-18,30,33H,5,8,10-11,15-16,28H2,1-4H3,(H2,29,34)/b12-7-,21-6+,22-13-,23-9+,25-14+,31-19+. The molecule has 2 atom stereocenters. The number of carbonyl (C=O) groups is 1. The number of allylic oxidation sites excluding steroid dienone is 5. The molecule has 2 aliphatic rings. The van der Waals surface area contributed by atoms with E-state index in [-0.39, 0.29) is 17.7 Å². The highest BCUT2D eigenvalue weighted by Crippen LogP contribution is 2.49. The molecule has 8 heteroatoms. The summed E-state index contributed by atoms with van der Waals surface area (Å²) >= 11 is 6.37. The molecule has 0 radical (unpaired) electrons. The third kappa shape index (κ3) is 7.03. The SMILES string of the molecule is C=C(O)C(C)/C(=C\C=C/N)NC(C)C(=C/C(Cl)=C\C)/C(C)=N/C(=C\C(N)=O)N1CC2(CCC2)C1. The molecule has 34 heavy (non-hydrogen) atoms. The van der Waals surface area contributed by atoms with Gasteiger partial charge in [0.05, 0.1) is 17.7 Å². The summed E-state index contributed by atoms with van der Waals surface area (Å²) in [5.41, 5.74) is 13.6. The number of rotatable bonds is 11. The topological polar surface area (TPSA) is 117 Å². The first-order valence-corrected chi connectivity index (χ1v) is 12.0. The number of likely N-dealkylation sites (tertiary alicyclic amines) is 1. The third-order valence-electron chi connectivity index (χ3n) is 6.53. The first-order chi connectivity index (χ1) is 16.0. The molecule has 6 N–H and O–H groups in total. The van der Waals surface area contributed by atoms with E-state index in [0.717, 1.165) is 24.4 Å². The number of carbonyl (C=O) groups excluding carboxylic acids is 1. The summed E-state index contributed by atoms with van der Waals surface area (Å²) < 4.78 is 0. The van der Waals surface area contributed by atoms with Crippen LogP contribution in [0.25, 0.3) is 0 Å². The molecule has 1 saturated heterocycles. The Morgan fingerprint density at radius 1 is 1.29 bits per heavy atom. The van der Waals surface area contributed by atoms with Crippen molar-refractivity contribution in [3.8, 4) is 0 Å². The van der Waals surface area contributed by atoms with Crippen LogP contribution in [0, 0.1) is 11.3 Å². The maximum absolute atomic E-state index is 11.7. The Labute approximate surface area is 208 Å². The van der Waals surface area contributed by atoms with Gasteiger partial charge < -0.3 is 26.8 Å². The number of aliphatic hydroxyl groups is 1. The second-order valence-electron chi connectivity index (χ2n) is 9.17. The molecule has 0 aromatic rings. The van der Waals surface area contributed by atoms with Crippen LogP contribution in [0.4, 0.5) is 0 Å². The lowest BCUT2D eigenvalue weighted by Crippen LogP contribution is -2.58. The summed E-state index contributed by atoms with van der Waals surface area (Å²) in [6, 6.07) is -0.235. The predicted octanol–water partition coefficient (Wildman–Crippen LogP) is 4.37. The summed E-state index contributed by atoms with van der Waals surface area (Å²) in [4.78, 5) is 18.6. The van der Waals surface area contributed by atoms with Crippen LogP contribution in [0.1, 0.15) is 47.0 Å². The van der Waals surface area contributed by atoms with E-state index in [4.69, 9.17) is 28.1 Å². The molecule has 1 saturated carbocycles. The lowest BCUT2D eigenvalue weighted by Gasteiger charge is -2.56. The summed E-state index contributed by atoms with van der Waals surface area (Å²) in [5, 5.41) is 13.9. The summed E-state index contributed by atoms with van der Waals surface area (Å²) in [7, 11) is 0. The average Bonchev–Trinajstić information content (AvgIpc) is 2.71. The van der Waals surface area contributed by atoms with Gasteiger partial charge in [-0.25, -0.2) is 4.99 Å². The Morgan fingerprint density at radius 3 is 2.41 bits per heavy atom. The van der Waals surface area contributed by atoms with E-state index in [9.17, 15) is 9.90 Å². The van der Waals surface area contributed by atoms with Crippen LogP contribution in [0.3, 0.4) is 0 Å². The minimum atomic E-state index is -0.529. The lowest BCUT2D eigenvalue weighted by molar-refractivity contribution is -0.113. The molecule has 0 bridgehead atoms. The second-order valence-corrected chi connectivity index (χ2v) is 9.61.